The Kier molecular flexibility index (Phi) is 13.6. The average molecular weight is 797 g/mol. The zero-order valence-corrected chi connectivity index (χ0v) is 32.0. The van der Waals surface area contributed by atoms with Crippen LogP contribution in [-0.4, -0.2) is 42.4 Å². The van der Waals surface area contributed by atoms with E-state index in [1.807, 2.05) is 0 Å². The van der Waals surface area contributed by atoms with Crippen molar-refractivity contribution >= 4 is 50.6 Å². The van der Waals surface area contributed by atoms with Crippen LogP contribution in [0.25, 0.3) is 10.2 Å². The number of aromatic nitrogens is 1. The summed E-state index contributed by atoms with van der Waals surface area (Å²) >= 11 is 1.27. The van der Waals surface area contributed by atoms with Crippen LogP contribution in [0.4, 0.5) is 0 Å². The predicted molar refractivity (Wildman–Crippen MR) is 206 cm³/mol. The molecule has 0 aliphatic carbocycles. The van der Waals surface area contributed by atoms with Gasteiger partial charge in [0, 0.05) is 24.7 Å². The number of rotatable bonds is 16. The van der Waals surface area contributed by atoms with Gasteiger partial charge in [-0.25, -0.2) is 4.98 Å². The highest BCUT2D eigenvalue weighted by atomic mass is 79.9. The number of fused-ring (bicyclic) bond motifs is 1. The first-order valence-electron chi connectivity index (χ1n) is 16.8. The molecular weight excluding hydrogens is 757 g/mol. The van der Waals surface area contributed by atoms with Crippen LogP contribution in [0.15, 0.2) is 121 Å². The van der Waals surface area contributed by atoms with Gasteiger partial charge in [0.1, 0.15) is 40.7 Å². The molecule has 8 nitrogen and oxygen atoms in total. The van der Waals surface area contributed by atoms with Gasteiger partial charge in [0.2, 0.25) is 5.75 Å². The van der Waals surface area contributed by atoms with Gasteiger partial charge in [0.05, 0.1) is 23.5 Å². The number of amides is 1. The van der Waals surface area contributed by atoms with E-state index in [0.717, 1.165) is 36.5 Å². The number of aromatic hydroxyl groups is 1. The molecule has 0 aliphatic heterocycles. The Balaban J connectivity index is 0.00000523. The van der Waals surface area contributed by atoms with Crippen LogP contribution in [0.3, 0.4) is 0 Å². The lowest BCUT2D eigenvalue weighted by atomic mass is 10.2. The third kappa shape index (κ3) is 9.10. The first-order chi connectivity index (χ1) is 25.0. The number of nitriles is 1. The maximum atomic E-state index is 12.7. The standard InChI is InChI=1S/C41H38N3O5PS.BrH/c1-47-36-25-31(49-30-21-22-35-38(27-30)51-40(28-42)44-35)26-37(41(36)46)48-29-39(45)43-23-13-2-3-14-24-50(32-15-7-4-8-16-32,33-17-9-5-10-18-33)34-19-11-6-12-20-34;/h4-12,15-22,25-27H,2-3,13-14,23-24,29H2,1H3,(H-,43,45,46);1H. The van der Waals surface area contributed by atoms with Gasteiger partial charge in [-0.3, -0.25) is 4.79 Å². The van der Waals surface area contributed by atoms with Gasteiger partial charge in [0.25, 0.3) is 5.91 Å². The van der Waals surface area contributed by atoms with Crippen LogP contribution < -0.4 is 52.4 Å². The smallest absolute Gasteiger partial charge is 0.257 e. The number of thiazole rings is 1. The Morgan fingerprint density at radius 1 is 0.808 bits per heavy atom. The van der Waals surface area contributed by atoms with E-state index in [2.05, 4.69) is 107 Å². The van der Waals surface area contributed by atoms with E-state index in [1.54, 1.807) is 18.2 Å². The average Bonchev–Trinajstić information content (AvgIpc) is 3.60. The topological polar surface area (TPSA) is 114 Å². The highest BCUT2D eigenvalue weighted by Crippen LogP contribution is 2.56. The number of halogens is 1. The molecule has 11 heteroatoms. The van der Waals surface area contributed by atoms with Gasteiger partial charge in [-0.05, 0) is 67.8 Å². The summed E-state index contributed by atoms with van der Waals surface area (Å²) in [5.74, 6) is 0.557. The maximum absolute atomic E-state index is 12.7. The second-order valence-electron chi connectivity index (χ2n) is 11.9. The number of phenols is 1. The van der Waals surface area contributed by atoms with Crippen molar-refractivity contribution in [1.29, 1.82) is 5.26 Å². The molecule has 1 amide bonds. The minimum Gasteiger partial charge on any atom is -1.00 e. The monoisotopic (exact) mass is 795 g/mol. The molecule has 0 fully saturated rings. The van der Waals surface area contributed by atoms with Crippen molar-refractivity contribution in [3.63, 3.8) is 0 Å². The molecule has 0 spiro atoms. The lowest BCUT2D eigenvalue weighted by molar-refractivity contribution is -0.123. The van der Waals surface area contributed by atoms with Crippen molar-refractivity contribution in [3.05, 3.63) is 126 Å². The molecule has 6 rings (SSSR count). The van der Waals surface area contributed by atoms with Crippen molar-refractivity contribution in [2.24, 2.45) is 0 Å². The van der Waals surface area contributed by atoms with Crippen molar-refractivity contribution in [1.82, 2.24) is 10.3 Å². The van der Waals surface area contributed by atoms with Gasteiger partial charge < -0.3 is 41.6 Å². The van der Waals surface area contributed by atoms with E-state index >= 15 is 0 Å². The fraction of sp³-hybridized carbons (Fsp3) is 0.195. The Morgan fingerprint density at radius 2 is 1.40 bits per heavy atom. The number of carbonyl (C=O) groups excluding carboxylic acids is 1. The Morgan fingerprint density at radius 3 is 2.00 bits per heavy atom. The van der Waals surface area contributed by atoms with Gasteiger partial charge in [-0.1, -0.05) is 61.0 Å². The van der Waals surface area contributed by atoms with Crippen molar-refractivity contribution < 1.29 is 41.1 Å². The molecule has 0 saturated heterocycles. The molecule has 266 valence electrons. The molecule has 2 N–H and O–H groups in total. The third-order valence-electron chi connectivity index (χ3n) is 8.62. The lowest BCUT2D eigenvalue weighted by Crippen LogP contribution is -3.00. The fourth-order valence-corrected chi connectivity index (χ4v) is 11.4. The third-order valence-corrected chi connectivity index (χ3v) is 14.1. The Hall–Kier alpha value is -4.94. The quantitative estimate of drug-likeness (QED) is 0.108. The summed E-state index contributed by atoms with van der Waals surface area (Å²) in [6.07, 6.45) is 5.03. The molecule has 0 radical (unpaired) electrons. The lowest BCUT2D eigenvalue weighted by Gasteiger charge is -2.27. The highest BCUT2D eigenvalue weighted by Gasteiger charge is 2.44. The first kappa shape index (κ1) is 38.3. The van der Waals surface area contributed by atoms with Crippen LogP contribution in [0.5, 0.6) is 28.7 Å². The summed E-state index contributed by atoms with van der Waals surface area (Å²) in [4.78, 5) is 16.9. The minimum atomic E-state index is -1.84. The Labute approximate surface area is 319 Å². The van der Waals surface area contributed by atoms with E-state index in [-0.39, 0.29) is 46.7 Å². The van der Waals surface area contributed by atoms with Crippen LogP contribution in [0.2, 0.25) is 0 Å². The molecule has 52 heavy (non-hydrogen) atoms. The summed E-state index contributed by atoms with van der Waals surface area (Å²) in [5.41, 5.74) is 0.708. The molecule has 0 atom stereocenters. The summed E-state index contributed by atoms with van der Waals surface area (Å²) in [6.45, 7) is 0.257. The number of nitrogens with zero attached hydrogens (tertiary/aromatic N) is 2. The zero-order valence-electron chi connectivity index (χ0n) is 28.7. The number of phenolic OH excluding ortho intramolecular Hbond substituents is 1. The number of ether oxygens (including phenoxy) is 3. The van der Waals surface area contributed by atoms with E-state index in [1.165, 1.54) is 46.5 Å². The second-order valence-corrected chi connectivity index (χ2v) is 16.6. The number of hydrogen-bond acceptors (Lipinski definition) is 8. The number of benzene rings is 5. The van der Waals surface area contributed by atoms with Crippen molar-refractivity contribution in [2.45, 2.75) is 25.7 Å². The molecule has 0 saturated carbocycles. The fourth-order valence-electron chi connectivity index (χ4n) is 6.17. The molecule has 1 heterocycles. The summed E-state index contributed by atoms with van der Waals surface area (Å²) in [5, 5.41) is 27.3. The molecule has 6 aromatic rings. The van der Waals surface area contributed by atoms with Gasteiger partial charge in [0.15, 0.2) is 23.1 Å². The number of unbranched alkanes of at least 4 members (excludes halogenated alkanes) is 3. The first-order valence-corrected chi connectivity index (χ1v) is 19.6. The molecule has 0 unspecified atom stereocenters. The van der Waals surface area contributed by atoms with Gasteiger partial charge in [-0.2, -0.15) is 5.26 Å². The van der Waals surface area contributed by atoms with Crippen LogP contribution in [-0.2, 0) is 4.79 Å². The zero-order chi connectivity index (χ0) is 35.5. The summed E-state index contributed by atoms with van der Waals surface area (Å²) in [7, 11) is -0.419. The van der Waals surface area contributed by atoms with Crippen molar-refractivity contribution in [3.8, 4) is 34.8 Å². The van der Waals surface area contributed by atoms with Crippen LogP contribution in [0, 0.1) is 11.3 Å². The molecule has 0 aliphatic rings. The van der Waals surface area contributed by atoms with E-state index < -0.39 is 7.26 Å². The van der Waals surface area contributed by atoms with Gasteiger partial charge >= 0.3 is 0 Å². The van der Waals surface area contributed by atoms with Crippen LogP contribution in [0.1, 0.15) is 30.7 Å². The molecule has 5 aromatic carbocycles. The number of hydrogen-bond donors (Lipinski definition) is 2. The number of methoxy groups -OCH3 is 1. The molecule has 1 aromatic heterocycles. The number of carbonyl (C=O) groups is 1. The highest BCUT2D eigenvalue weighted by molar-refractivity contribution is 7.95. The van der Waals surface area contributed by atoms with E-state index in [4.69, 9.17) is 19.5 Å². The van der Waals surface area contributed by atoms with Crippen LogP contribution >= 0.6 is 18.6 Å². The SMILES string of the molecule is COc1cc(Oc2ccc3nc(C#N)sc3c2)cc(OCC(=O)NCCCCCC[P+](c2ccccc2)(c2ccccc2)c2ccccc2)c1O.[Br-]. The predicted octanol–water partition coefficient (Wildman–Crippen LogP) is 4.73. The van der Waals surface area contributed by atoms with E-state index in [0.29, 0.717) is 28.6 Å². The minimum absolute atomic E-state index is 0. The number of nitrogens with one attached hydrogen (secondary N) is 1. The normalized spacial score (nSPS) is 10.9. The molecular formula is C41H39BrN3O5PS. The van der Waals surface area contributed by atoms with Crippen molar-refractivity contribution in [2.75, 3.05) is 26.4 Å². The van der Waals surface area contributed by atoms with E-state index in [9.17, 15) is 9.90 Å². The Bertz CT molecular complexity index is 2010. The summed E-state index contributed by atoms with van der Waals surface area (Å²) < 4.78 is 17.8. The molecule has 0 bridgehead atoms. The largest absolute Gasteiger partial charge is 1.00 e. The maximum Gasteiger partial charge on any atom is 0.257 e. The van der Waals surface area contributed by atoms with Gasteiger partial charge in [-0.15, -0.1) is 11.3 Å². The summed E-state index contributed by atoms with van der Waals surface area (Å²) in [6, 6.07) is 43.2. The second kappa shape index (κ2) is 18.5.